The molecule has 0 spiro atoms. The highest BCUT2D eigenvalue weighted by Crippen LogP contribution is 2.33. The molecule has 0 fully saturated rings. The Bertz CT molecular complexity index is 902. The first-order chi connectivity index (χ1) is 13.3. The van der Waals surface area contributed by atoms with E-state index in [4.69, 9.17) is 9.47 Å². The third kappa shape index (κ3) is 4.11. The highest BCUT2D eigenvalue weighted by molar-refractivity contribution is 5.62. The van der Waals surface area contributed by atoms with E-state index in [0.717, 1.165) is 36.1 Å². The number of hydrogen-bond acceptors (Lipinski definition) is 6. The summed E-state index contributed by atoms with van der Waals surface area (Å²) in [6.45, 7) is 4.85. The molecule has 3 aromatic rings. The van der Waals surface area contributed by atoms with Crippen molar-refractivity contribution in [3.63, 3.8) is 0 Å². The van der Waals surface area contributed by atoms with Gasteiger partial charge in [-0.05, 0) is 30.7 Å². The number of fused-ring (bicyclic) bond motifs is 1. The maximum Gasteiger partial charge on any atom is 0.227 e. The lowest BCUT2D eigenvalue weighted by atomic mass is 10.2. The summed E-state index contributed by atoms with van der Waals surface area (Å²) in [6.07, 6.45) is 1.77. The molecule has 6 heteroatoms. The summed E-state index contributed by atoms with van der Waals surface area (Å²) in [5.74, 6) is 2.96. The van der Waals surface area contributed by atoms with Crippen LogP contribution >= 0.6 is 0 Å². The smallest absolute Gasteiger partial charge is 0.227 e. The van der Waals surface area contributed by atoms with Crippen LogP contribution in [-0.2, 0) is 6.54 Å². The van der Waals surface area contributed by atoms with E-state index in [-0.39, 0.29) is 0 Å². The summed E-state index contributed by atoms with van der Waals surface area (Å²) >= 11 is 0. The molecular weight excluding hydrogens is 340 g/mol. The summed E-state index contributed by atoms with van der Waals surface area (Å²) in [7, 11) is 0. The van der Waals surface area contributed by atoms with Gasteiger partial charge in [0.15, 0.2) is 11.5 Å². The van der Waals surface area contributed by atoms with Gasteiger partial charge in [0, 0.05) is 31.0 Å². The Labute approximate surface area is 158 Å². The Kier molecular flexibility index (Phi) is 5.05. The van der Waals surface area contributed by atoms with Crippen molar-refractivity contribution < 1.29 is 9.47 Å². The van der Waals surface area contributed by atoms with Crippen molar-refractivity contribution in [2.45, 2.75) is 13.5 Å². The molecule has 138 valence electrons. The third-order valence-electron chi connectivity index (χ3n) is 4.34. The summed E-state index contributed by atoms with van der Waals surface area (Å²) in [6, 6.07) is 18.0. The van der Waals surface area contributed by atoms with E-state index in [0.29, 0.717) is 19.2 Å². The van der Waals surface area contributed by atoms with Crippen molar-refractivity contribution in [2.24, 2.45) is 0 Å². The van der Waals surface area contributed by atoms with Gasteiger partial charge in [0.05, 0.1) is 0 Å². The predicted octanol–water partition coefficient (Wildman–Crippen LogP) is 4.02. The summed E-state index contributed by atoms with van der Waals surface area (Å²) in [5, 5.41) is 3.32. The van der Waals surface area contributed by atoms with Crippen molar-refractivity contribution in [1.29, 1.82) is 0 Å². The van der Waals surface area contributed by atoms with E-state index in [1.807, 2.05) is 42.5 Å². The molecule has 2 aromatic carbocycles. The van der Waals surface area contributed by atoms with E-state index < -0.39 is 0 Å². The fraction of sp³-hybridized carbons (Fsp3) is 0.238. The van der Waals surface area contributed by atoms with E-state index in [2.05, 4.69) is 39.2 Å². The Balaban J connectivity index is 1.51. The maximum absolute atomic E-state index is 5.64. The van der Waals surface area contributed by atoms with Crippen LogP contribution in [0.3, 0.4) is 0 Å². The molecule has 4 rings (SSSR count). The minimum absolute atomic E-state index is 0.569. The fourth-order valence-electron chi connectivity index (χ4n) is 2.97. The van der Waals surface area contributed by atoms with Gasteiger partial charge in [0.2, 0.25) is 5.95 Å². The lowest BCUT2D eigenvalue weighted by Gasteiger charge is -2.21. The monoisotopic (exact) mass is 362 g/mol. The molecular formula is C21H22N4O2. The molecule has 0 saturated carbocycles. The molecule has 6 nitrogen and oxygen atoms in total. The molecule has 1 aliphatic rings. The van der Waals surface area contributed by atoms with Crippen LogP contribution in [0.5, 0.6) is 11.5 Å². The highest BCUT2D eigenvalue weighted by Gasteiger charge is 2.13. The van der Waals surface area contributed by atoms with Crippen molar-refractivity contribution in [3.05, 3.63) is 66.4 Å². The second kappa shape index (κ2) is 7.95. The predicted molar refractivity (Wildman–Crippen MR) is 106 cm³/mol. The first-order valence-electron chi connectivity index (χ1n) is 9.10. The zero-order valence-corrected chi connectivity index (χ0v) is 15.3. The van der Waals surface area contributed by atoms with Crippen molar-refractivity contribution in [1.82, 2.24) is 9.97 Å². The second-order valence-corrected chi connectivity index (χ2v) is 6.23. The molecule has 0 atom stereocenters. The Morgan fingerprint density at radius 2 is 1.81 bits per heavy atom. The molecule has 0 radical (unpaired) electrons. The molecule has 27 heavy (non-hydrogen) atoms. The minimum atomic E-state index is 0.569. The normalized spacial score (nSPS) is 12.5. The summed E-state index contributed by atoms with van der Waals surface area (Å²) < 4.78 is 11.2. The van der Waals surface area contributed by atoms with Gasteiger partial charge in [-0.1, -0.05) is 30.3 Å². The molecule has 2 heterocycles. The van der Waals surface area contributed by atoms with Crippen LogP contribution in [0.25, 0.3) is 0 Å². The lowest BCUT2D eigenvalue weighted by molar-refractivity contribution is 0.171. The highest BCUT2D eigenvalue weighted by atomic mass is 16.6. The molecule has 0 bridgehead atoms. The standard InChI is InChI=1S/C21H22N4O2/c1-2-25(15-16-6-4-3-5-7-16)21-22-11-10-20(24-21)23-17-8-9-18-19(14-17)27-13-12-26-18/h3-11,14H,2,12-13,15H2,1H3,(H,22,23,24). The summed E-state index contributed by atoms with van der Waals surface area (Å²) in [5.41, 5.74) is 2.13. The van der Waals surface area contributed by atoms with Crippen LogP contribution in [0.1, 0.15) is 12.5 Å². The third-order valence-corrected chi connectivity index (χ3v) is 4.34. The maximum atomic E-state index is 5.64. The van der Waals surface area contributed by atoms with Crippen LogP contribution in [-0.4, -0.2) is 29.7 Å². The first-order valence-corrected chi connectivity index (χ1v) is 9.10. The quantitative estimate of drug-likeness (QED) is 0.715. The van der Waals surface area contributed by atoms with E-state index in [9.17, 15) is 0 Å². The molecule has 0 amide bonds. The van der Waals surface area contributed by atoms with Gasteiger partial charge in [-0.15, -0.1) is 0 Å². The number of anilines is 3. The number of ether oxygens (including phenoxy) is 2. The van der Waals surface area contributed by atoms with E-state index in [1.165, 1.54) is 5.56 Å². The van der Waals surface area contributed by atoms with E-state index >= 15 is 0 Å². The minimum Gasteiger partial charge on any atom is -0.486 e. The Hall–Kier alpha value is -3.28. The summed E-state index contributed by atoms with van der Waals surface area (Å²) in [4.78, 5) is 11.3. The van der Waals surface area contributed by atoms with Crippen molar-refractivity contribution in [2.75, 3.05) is 30.0 Å². The average molecular weight is 362 g/mol. The number of aromatic nitrogens is 2. The van der Waals surface area contributed by atoms with E-state index in [1.54, 1.807) is 6.20 Å². The van der Waals surface area contributed by atoms with Crippen LogP contribution < -0.4 is 19.7 Å². The number of hydrogen-bond donors (Lipinski definition) is 1. The van der Waals surface area contributed by atoms with Gasteiger partial charge >= 0.3 is 0 Å². The second-order valence-electron chi connectivity index (χ2n) is 6.23. The number of nitrogens with zero attached hydrogens (tertiary/aromatic N) is 3. The number of benzene rings is 2. The van der Waals surface area contributed by atoms with Gasteiger partial charge in [0.1, 0.15) is 19.0 Å². The first kappa shape index (κ1) is 17.1. The fourth-order valence-corrected chi connectivity index (χ4v) is 2.97. The largest absolute Gasteiger partial charge is 0.486 e. The topological polar surface area (TPSA) is 59.5 Å². The molecule has 0 aliphatic carbocycles. The molecule has 1 aliphatic heterocycles. The molecule has 0 saturated heterocycles. The zero-order chi connectivity index (χ0) is 18.5. The van der Waals surface area contributed by atoms with Crippen molar-refractivity contribution >= 4 is 17.5 Å². The van der Waals surface area contributed by atoms with Crippen LogP contribution in [0.2, 0.25) is 0 Å². The molecule has 1 aromatic heterocycles. The number of rotatable bonds is 6. The SMILES string of the molecule is CCN(Cc1ccccc1)c1nccc(Nc2ccc3c(c2)OCCO3)n1. The van der Waals surface area contributed by atoms with Gasteiger partial charge in [-0.25, -0.2) is 4.98 Å². The van der Waals surface area contributed by atoms with Gasteiger partial charge in [-0.2, -0.15) is 4.98 Å². The zero-order valence-electron chi connectivity index (χ0n) is 15.3. The molecule has 1 N–H and O–H groups in total. The van der Waals surface area contributed by atoms with Gasteiger partial charge in [0.25, 0.3) is 0 Å². The average Bonchev–Trinajstić information content (AvgIpc) is 2.73. The van der Waals surface area contributed by atoms with Crippen LogP contribution in [0, 0.1) is 0 Å². The van der Waals surface area contributed by atoms with Crippen molar-refractivity contribution in [3.8, 4) is 11.5 Å². The Morgan fingerprint density at radius 3 is 2.63 bits per heavy atom. The molecule has 0 unspecified atom stereocenters. The Morgan fingerprint density at radius 1 is 1.00 bits per heavy atom. The van der Waals surface area contributed by atoms with Gasteiger partial charge < -0.3 is 19.7 Å². The van der Waals surface area contributed by atoms with Gasteiger partial charge in [-0.3, -0.25) is 0 Å². The van der Waals surface area contributed by atoms with Crippen LogP contribution in [0.4, 0.5) is 17.5 Å². The van der Waals surface area contributed by atoms with Crippen LogP contribution in [0.15, 0.2) is 60.8 Å². The number of nitrogens with one attached hydrogen (secondary N) is 1. The lowest BCUT2D eigenvalue weighted by Crippen LogP contribution is -2.24.